The van der Waals surface area contributed by atoms with Gasteiger partial charge in [-0.2, -0.15) is 11.8 Å². The molecule has 1 unspecified atom stereocenters. The highest BCUT2D eigenvalue weighted by molar-refractivity contribution is 8.01. The lowest BCUT2D eigenvalue weighted by Crippen LogP contribution is -1.95. The van der Waals surface area contributed by atoms with Gasteiger partial charge >= 0.3 is 0 Å². The zero-order chi connectivity index (χ0) is 7.11. The average molecular weight is 145 g/mol. The van der Waals surface area contributed by atoms with Crippen LogP contribution in [0.2, 0.25) is 0 Å². The van der Waals surface area contributed by atoms with E-state index in [4.69, 9.17) is 0 Å². The van der Waals surface area contributed by atoms with E-state index in [0.717, 1.165) is 5.92 Å². The molecule has 55 valence electrons. The quantitative estimate of drug-likeness (QED) is 0.572. The maximum absolute atomic E-state index is 2.32. The molecule has 0 saturated heterocycles. The highest BCUT2D eigenvalue weighted by Gasteiger charge is 1.97. The predicted molar refractivity (Wildman–Crippen MR) is 46.5 cm³/mol. The smallest absolute Gasteiger partial charge is 0.0135 e. The standard InChI is InChI=1S/C8H17S/c1-4-6-8(3)7-9-5-2/h5,8H,4,6-7H2,1-3H3. The van der Waals surface area contributed by atoms with Crippen molar-refractivity contribution in [2.45, 2.75) is 33.6 Å². The van der Waals surface area contributed by atoms with Crippen LogP contribution in [0.25, 0.3) is 0 Å². The molecule has 0 aliphatic carbocycles. The Labute approximate surface area is 63.4 Å². The molecule has 0 aromatic carbocycles. The van der Waals surface area contributed by atoms with Gasteiger partial charge in [-0.05, 0) is 11.7 Å². The summed E-state index contributed by atoms with van der Waals surface area (Å²) in [5.41, 5.74) is 0. The number of hydrogen-bond donors (Lipinski definition) is 0. The molecule has 1 radical (unpaired) electrons. The van der Waals surface area contributed by atoms with E-state index in [1.807, 2.05) is 11.8 Å². The Hall–Kier alpha value is 0.350. The molecule has 0 rings (SSSR count). The second-order valence-electron chi connectivity index (χ2n) is 2.46. The van der Waals surface area contributed by atoms with Gasteiger partial charge in [0.1, 0.15) is 0 Å². The fraction of sp³-hybridized carbons (Fsp3) is 0.875. The summed E-state index contributed by atoms with van der Waals surface area (Å²) >= 11 is 1.93. The first kappa shape index (κ1) is 9.35. The van der Waals surface area contributed by atoms with Crippen LogP contribution >= 0.6 is 11.8 Å². The normalized spacial score (nSPS) is 13.7. The topological polar surface area (TPSA) is 0 Å². The minimum absolute atomic E-state index is 0.899. The molecular formula is C8H17S. The summed E-state index contributed by atoms with van der Waals surface area (Å²) in [5, 5.41) is 0. The maximum Gasteiger partial charge on any atom is 0.0135 e. The van der Waals surface area contributed by atoms with Gasteiger partial charge in [0.2, 0.25) is 0 Å². The van der Waals surface area contributed by atoms with Gasteiger partial charge in [0.25, 0.3) is 0 Å². The van der Waals surface area contributed by atoms with Gasteiger partial charge in [-0.25, -0.2) is 0 Å². The summed E-state index contributed by atoms with van der Waals surface area (Å²) < 4.78 is 0. The Kier molecular flexibility index (Phi) is 6.72. The highest BCUT2D eigenvalue weighted by atomic mass is 32.2. The number of thioether (sulfide) groups is 1. The Bertz CT molecular complexity index is 52.5. The zero-order valence-corrected chi connectivity index (χ0v) is 7.50. The van der Waals surface area contributed by atoms with Crippen LogP contribution < -0.4 is 0 Å². The first-order chi connectivity index (χ1) is 4.31. The minimum atomic E-state index is 0.899. The van der Waals surface area contributed by atoms with Crippen molar-refractivity contribution in [3.05, 3.63) is 5.75 Å². The van der Waals surface area contributed by atoms with Crippen molar-refractivity contribution < 1.29 is 0 Å². The van der Waals surface area contributed by atoms with Crippen LogP contribution in [-0.2, 0) is 0 Å². The molecule has 0 saturated carbocycles. The molecule has 1 heteroatoms. The molecule has 9 heavy (non-hydrogen) atoms. The zero-order valence-electron chi connectivity index (χ0n) is 6.68. The van der Waals surface area contributed by atoms with Crippen LogP contribution in [-0.4, -0.2) is 5.75 Å². The summed E-state index contributed by atoms with van der Waals surface area (Å²) in [5.74, 6) is 4.37. The van der Waals surface area contributed by atoms with Crippen LogP contribution in [0.1, 0.15) is 33.6 Å². The predicted octanol–water partition coefficient (Wildman–Crippen LogP) is 3.34. The summed E-state index contributed by atoms with van der Waals surface area (Å²) in [6.45, 7) is 6.67. The van der Waals surface area contributed by atoms with Gasteiger partial charge < -0.3 is 0 Å². The van der Waals surface area contributed by atoms with Gasteiger partial charge in [-0.15, -0.1) is 0 Å². The molecular weight excluding hydrogens is 128 g/mol. The van der Waals surface area contributed by atoms with E-state index in [0.29, 0.717) is 0 Å². The monoisotopic (exact) mass is 145 g/mol. The summed E-state index contributed by atoms with van der Waals surface area (Å²) in [4.78, 5) is 0. The lowest BCUT2D eigenvalue weighted by atomic mass is 10.1. The molecule has 0 aromatic rings. The molecule has 0 bridgehead atoms. The van der Waals surface area contributed by atoms with Crippen molar-refractivity contribution in [1.29, 1.82) is 0 Å². The average Bonchev–Trinajstić information content (AvgIpc) is 1.85. The minimum Gasteiger partial charge on any atom is -0.157 e. The lowest BCUT2D eigenvalue weighted by Gasteiger charge is -2.06. The van der Waals surface area contributed by atoms with Crippen molar-refractivity contribution >= 4 is 11.8 Å². The third-order valence-electron chi connectivity index (χ3n) is 1.33. The van der Waals surface area contributed by atoms with Crippen LogP contribution in [0.5, 0.6) is 0 Å². The molecule has 0 heterocycles. The van der Waals surface area contributed by atoms with Crippen molar-refractivity contribution in [1.82, 2.24) is 0 Å². The van der Waals surface area contributed by atoms with E-state index in [-0.39, 0.29) is 0 Å². The summed E-state index contributed by atoms with van der Waals surface area (Å²) in [7, 11) is 0. The van der Waals surface area contributed by atoms with Gasteiger partial charge in [0.15, 0.2) is 0 Å². The lowest BCUT2D eigenvalue weighted by molar-refractivity contribution is 0.585. The van der Waals surface area contributed by atoms with E-state index in [1.165, 1.54) is 18.6 Å². The summed E-state index contributed by atoms with van der Waals surface area (Å²) in [6, 6.07) is 0. The Morgan fingerprint density at radius 2 is 2.22 bits per heavy atom. The molecule has 0 aliphatic heterocycles. The summed E-state index contributed by atoms with van der Waals surface area (Å²) in [6.07, 6.45) is 2.70. The molecule has 0 aromatic heterocycles. The Morgan fingerprint density at radius 3 is 2.67 bits per heavy atom. The fourth-order valence-corrected chi connectivity index (χ4v) is 1.52. The SMILES string of the molecule is C[CH]SCC(C)CCC. The number of hydrogen-bond acceptors (Lipinski definition) is 1. The van der Waals surface area contributed by atoms with Crippen LogP contribution in [0.15, 0.2) is 0 Å². The van der Waals surface area contributed by atoms with Crippen molar-refractivity contribution in [2.24, 2.45) is 5.92 Å². The van der Waals surface area contributed by atoms with Crippen LogP contribution in [0, 0.1) is 11.7 Å². The second-order valence-corrected chi connectivity index (χ2v) is 3.60. The van der Waals surface area contributed by atoms with Crippen molar-refractivity contribution in [2.75, 3.05) is 5.75 Å². The molecule has 1 atom stereocenters. The molecule has 0 nitrogen and oxygen atoms in total. The Morgan fingerprint density at radius 1 is 1.56 bits per heavy atom. The van der Waals surface area contributed by atoms with E-state index in [1.54, 1.807) is 0 Å². The molecule has 0 amide bonds. The third-order valence-corrected chi connectivity index (χ3v) is 2.42. The van der Waals surface area contributed by atoms with E-state index in [2.05, 4.69) is 26.5 Å². The van der Waals surface area contributed by atoms with E-state index in [9.17, 15) is 0 Å². The van der Waals surface area contributed by atoms with Gasteiger partial charge in [-0.3, -0.25) is 0 Å². The molecule has 0 aliphatic rings. The van der Waals surface area contributed by atoms with Crippen LogP contribution in [0.4, 0.5) is 0 Å². The van der Waals surface area contributed by atoms with Crippen molar-refractivity contribution in [3.63, 3.8) is 0 Å². The molecule has 0 spiro atoms. The first-order valence-electron chi connectivity index (χ1n) is 3.70. The highest BCUT2D eigenvalue weighted by Crippen LogP contribution is 2.14. The molecule has 0 fully saturated rings. The van der Waals surface area contributed by atoms with Gasteiger partial charge in [0.05, 0.1) is 0 Å². The van der Waals surface area contributed by atoms with E-state index >= 15 is 0 Å². The second kappa shape index (κ2) is 6.47. The first-order valence-corrected chi connectivity index (χ1v) is 4.75. The van der Waals surface area contributed by atoms with Crippen molar-refractivity contribution in [3.8, 4) is 0 Å². The third kappa shape index (κ3) is 6.23. The maximum atomic E-state index is 2.32. The van der Waals surface area contributed by atoms with Gasteiger partial charge in [0, 0.05) is 5.75 Å². The molecule has 0 N–H and O–H groups in total. The fourth-order valence-electron chi connectivity index (χ4n) is 0.837. The van der Waals surface area contributed by atoms with Crippen LogP contribution in [0.3, 0.4) is 0 Å². The largest absolute Gasteiger partial charge is 0.157 e. The number of rotatable bonds is 5. The Balaban J connectivity index is 2.95. The van der Waals surface area contributed by atoms with Gasteiger partial charge in [-0.1, -0.05) is 33.6 Å². The van der Waals surface area contributed by atoms with E-state index < -0.39 is 0 Å².